The maximum Gasteiger partial charge on any atom is 0.302 e. The molecule has 3 aliphatic carbocycles. The van der Waals surface area contributed by atoms with E-state index in [9.17, 15) is 38.9 Å². The van der Waals surface area contributed by atoms with Gasteiger partial charge in [0.2, 0.25) is 0 Å². The Kier molecular flexibility index (Phi) is 22.8. The van der Waals surface area contributed by atoms with Crippen LogP contribution in [-0.2, 0) is 88.3 Å². The van der Waals surface area contributed by atoms with Crippen molar-refractivity contribution in [3.63, 3.8) is 0 Å². The van der Waals surface area contributed by atoms with E-state index in [-0.39, 0.29) is 46.8 Å². The van der Waals surface area contributed by atoms with E-state index in [2.05, 4.69) is 35.8 Å². The first kappa shape index (κ1) is 63.3. The Morgan fingerprint density at radius 1 is 0.571 bits per heavy atom. The highest BCUT2D eigenvalue weighted by Gasteiger charge is 2.41. The van der Waals surface area contributed by atoms with Crippen molar-refractivity contribution in [2.24, 2.45) is 38.9 Å². The number of aromatic nitrogens is 9. The summed E-state index contributed by atoms with van der Waals surface area (Å²) in [5.41, 5.74) is 7.68. The summed E-state index contributed by atoms with van der Waals surface area (Å²) in [5, 5.41) is 35.6. The van der Waals surface area contributed by atoms with Gasteiger partial charge >= 0.3 is 17.9 Å². The number of hydrogen-bond acceptors (Lipinski definition) is 17. The number of benzene rings is 3. The highest BCUT2D eigenvalue weighted by Crippen LogP contribution is 2.37. The van der Waals surface area contributed by atoms with Gasteiger partial charge in [-0.2, -0.15) is 0 Å². The third-order valence-electron chi connectivity index (χ3n) is 15.2. The van der Waals surface area contributed by atoms with Crippen molar-refractivity contribution in [2.75, 3.05) is 0 Å². The monoisotopic (exact) mass is 1170 g/mol. The van der Waals surface area contributed by atoms with Gasteiger partial charge < -0.3 is 14.2 Å². The predicted molar refractivity (Wildman–Crippen MR) is 308 cm³/mol. The number of esters is 3. The fourth-order valence-corrected chi connectivity index (χ4v) is 11.5. The number of non-ortho nitro benzene ring substituents is 1. The number of nitro benzene ring substituents is 1. The zero-order valence-electron chi connectivity index (χ0n) is 48.4. The summed E-state index contributed by atoms with van der Waals surface area (Å²) in [5.74, 6) is -2.36. The smallest absolute Gasteiger partial charge is 0.302 e. The Balaban J connectivity index is 0.000000181. The number of carbonyl (C=O) groups excluding carboxylic acids is 6. The lowest BCUT2D eigenvalue weighted by atomic mass is 9.93. The number of hydrogen-bond donors (Lipinski definition) is 0. The Hall–Kier alpha value is -8.32. The average Bonchev–Trinajstić information content (AvgIpc) is 2.81. The molecule has 3 aliphatic rings. The summed E-state index contributed by atoms with van der Waals surface area (Å²) in [4.78, 5) is 87.0. The van der Waals surface area contributed by atoms with E-state index in [1.165, 1.54) is 39.0 Å². The topological polar surface area (TPSA) is 270 Å². The van der Waals surface area contributed by atoms with E-state index in [1.54, 1.807) is 44.4 Å². The van der Waals surface area contributed by atoms with E-state index in [0.29, 0.717) is 71.5 Å². The SMILES string of the molecule is CC(=O)OC(CCCCCc1cn(C)nn1)C1Cc2cc(Cl)ccc2C1=O.CC(=O)OC(CCCCCc1cn(C)nn1)C1Cc2cc([N+](=O)[O-])ccc2C1=O.[C-]#[N+]c1ccc2c(c1)CC(C(CCCCCc1cn(C)nn1)OC(C)=O)C2=O. The van der Waals surface area contributed by atoms with E-state index < -0.39 is 35.1 Å². The average molecular weight is 1170 g/mol. The number of aryl methyl sites for hydroxylation is 6. The molecule has 3 heterocycles. The summed E-state index contributed by atoms with van der Waals surface area (Å²) < 4.78 is 21.5. The predicted octanol–water partition coefficient (Wildman–Crippen LogP) is 9.83. The minimum absolute atomic E-state index is 0.0114. The lowest BCUT2D eigenvalue weighted by molar-refractivity contribution is -0.384. The lowest BCUT2D eigenvalue weighted by Crippen LogP contribution is -2.30. The third-order valence-corrected chi connectivity index (χ3v) is 15.5. The van der Waals surface area contributed by atoms with Crippen LogP contribution < -0.4 is 0 Å². The molecule has 0 N–H and O–H groups in total. The van der Waals surface area contributed by atoms with Crippen molar-refractivity contribution in [1.82, 2.24) is 45.0 Å². The maximum atomic E-state index is 12.8. The quantitative estimate of drug-likeness (QED) is 0.0129. The number of halogens is 1. The second kappa shape index (κ2) is 30.3. The van der Waals surface area contributed by atoms with Crippen molar-refractivity contribution in [3.8, 4) is 0 Å². The first-order chi connectivity index (χ1) is 40.3. The molecule has 6 unspecified atom stereocenters. The highest BCUT2D eigenvalue weighted by atomic mass is 35.5. The molecule has 6 aromatic rings. The van der Waals surface area contributed by atoms with Crippen molar-refractivity contribution < 1.29 is 47.9 Å². The van der Waals surface area contributed by atoms with Crippen molar-refractivity contribution in [3.05, 3.63) is 150 Å². The van der Waals surface area contributed by atoms with Crippen LogP contribution in [-0.4, -0.2) is 103 Å². The van der Waals surface area contributed by atoms with Crippen molar-refractivity contribution >= 4 is 58.2 Å². The van der Waals surface area contributed by atoms with Crippen LogP contribution in [0.15, 0.2) is 73.2 Å². The van der Waals surface area contributed by atoms with Gasteiger partial charge in [-0.05, 0) is 137 Å². The molecule has 3 aromatic carbocycles. The third kappa shape index (κ3) is 17.8. The number of rotatable bonds is 25. The number of Topliss-reactive ketones (excluding diaryl/α,β-unsaturated/α-hetero) is 3. The first-order valence-corrected chi connectivity index (χ1v) is 28.9. The van der Waals surface area contributed by atoms with Gasteiger partial charge in [-0.1, -0.05) is 64.7 Å². The van der Waals surface area contributed by atoms with Crippen LogP contribution in [0.3, 0.4) is 0 Å². The standard InChI is InChI=1S/C21H24N4O3.C20H24ClN3O3.C20H24N4O5/c1-14(26)28-20(8-6-4-5-7-17-13-25(3)24-23-17)19-12-15-11-16(22-2)9-10-18(15)21(19)27;1-13(25)27-19(7-5-3-4-6-16-12-24(2)23-22-16)18-11-14-10-15(21)8-9-17(14)20(18)26;1-13(25)29-19(7-5-3-4-6-15-12-23(2)22-21-15)18-11-14-10-16(24(27)28)8-9-17(14)20(18)26/h9-11,13,19-20H,4-8,12H2,1,3H3;8-10,12,18-19H,3-7,11H2,1-2H3;8-10,12,18-19H,3-7,11H2,1-2H3. The van der Waals surface area contributed by atoms with Crippen LogP contribution in [0.4, 0.5) is 11.4 Å². The second-order valence-corrected chi connectivity index (χ2v) is 22.2. The lowest BCUT2D eigenvalue weighted by Gasteiger charge is -2.22. The fraction of sp³-hybridized carbons (Fsp3) is 0.492. The molecule has 0 saturated carbocycles. The van der Waals surface area contributed by atoms with Crippen LogP contribution in [0.1, 0.15) is 163 Å². The molecule has 0 bridgehead atoms. The minimum Gasteiger partial charge on any atom is -0.462 e. The normalized spacial score (nSPS) is 16.6. The van der Waals surface area contributed by atoms with E-state index in [0.717, 1.165) is 105 Å². The molecule has 3 aromatic heterocycles. The van der Waals surface area contributed by atoms with Gasteiger partial charge in [0.15, 0.2) is 23.0 Å². The number of nitrogens with zero attached hydrogens (tertiary/aromatic N) is 11. The molecule has 0 amide bonds. The molecule has 6 atom stereocenters. The maximum absolute atomic E-state index is 12.8. The fourth-order valence-electron chi connectivity index (χ4n) is 11.3. The van der Waals surface area contributed by atoms with Gasteiger partial charge in [-0.25, -0.2) is 4.85 Å². The van der Waals surface area contributed by atoms with Crippen LogP contribution in [0.25, 0.3) is 4.85 Å². The molecule has 9 rings (SSSR count). The Morgan fingerprint density at radius 2 is 0.929 bits per heavy atom. The van der Waals surface area contributed by atoms with Crippen LogP contribution in [0, 0.1) is 34.4 Å². The summed E-state index contributed by atoms with van der Waals surface area (Å²) in [6.45, 7) is 11.2. The van der Waals surface area contributed by atoms with Crippen molar-refractivity contribution in [2.45, 2.75) is 155 Å². The molecule has 0 fully saturated rings. The van der Waals surface area contributed by atoms with Gasteiger partial charge in [-0.15, -0.1) is 15.3 Å². The van der Waals surface area contributed by atoms with Gasteiger partial charge in [0.05, 0.1) is 46.3 Å². The van der Waals surface area contributed by atoms with Crippen LogP contribution in [0.5, 0.6) is 0 Å². The summed E-state index contributed by atoms with van der Waals surface area (Å²) in [6.07, 6.45) is 18.6. The van der Waals surface area contributed by atoms with E-state index in [4.69, 9.17) is 32.4 Å². The summed E-state index contributed by atoms with van der Waals surface area (Å²) >= 11 is 6.05. The van der Waals surface area contributed by atoms with E-state index in [1.807, 2.05) is 45.8 Å². The van der Waals surface area contributed by atoms with Gasteiger partial charge in [-0.3, -0.25) is 52.9 Å². The number of unbranched alkanes of at least 4 members (excludes halogenated alkanes) is 6. The molecular weight excluding hydrogens is 1100 g/mol. The molecule has 22 nitrogen and oxygen atoms in total. The summed E-state index contributed by atoms with van der Waals surface area (Å²) in [6, 6.07) is 14.8. The van der Waals surface area contributed by atoms with Gasteiger partial charge in [0.1, 0.15) is 18.3 Å². The molecule has 0 spiro atoms. The zero-order valence-corrected chi connectivity index (χ0v) is 49.2. The Labute approximate surface area is 492 Å². The van der Waals surface area contributed by atoms with Crippen molar-refractivity contribution in [1.29, 1.82) is 0 Å². The number of ether oxygens (including phenoxy) is 3. The Bertz CT molecular complexity index is 3360. The molecule has 84 heavy (non-hydrogen) atoms. The van der Waals surface area contributed by atoms with Crippen LogP contribution >= 0.6 is 11.6 Å². The first-order valence-electron chi connectivity index (χ1n) is 28.5. The number of carbonyl (C=O) groups is 6. The molecule has 0 saturated heterocycles. The van der Waals surface area contributed by atoms with Gasteiger partial charge in [0.25, 0.3) is 5.69 Å². The molecular formula is C61H72ClN11O11. The number of ketones is 3. The zero-order chi connectivity index (χ0) is 60.5. The molecule has 0 radical (unpaired) electrons. The number of nitro groups is 1. The highest BCUT2D eigenvalue weighted by molar-refractivity contribution is 6.30. The molecule has 444 valence electrons. The second-order valence-electron chi connectivity index (χ2n) is 21.8. The largest absolute Gasteiger partial charge is 0.462 e. The molecule has 0 aliphatic heterocycles. The minimum atomic E-state index is -0.525. The number of fused-ring (bicyclic) bond motifs is 3. The van der Waals surface area contributed by atoms with E-state index >= 15 is 0 Å². The Morgan fingerprint density at radius 3 is 1.27 bits per heavy atom. The molecule has 23 heteroatoms. The van der Waals surface area contributed by atoms with Gasteiger partial charge in [0, 0.05) is 94.4 Å². The summed E-state index contributed by atoms with van der Waals surface area (Å²) in [7, 11) is 5.52. The van der Waals surface area contributed by atoms with Crippen LogP contribution in [0.2, 0.25) is 5.02 Å².